The molecule has 0 aliphatic carbocycles. The van der Waals surface area contributed by atoms with Crippen LogP contribution >= 0.6 is 0 Å². The van der Waals surface area contributed by atoms with E-state index in [0.717, 1.165) is 5.56 Å². The van der Waals surface area contributed by atoms with Gasteiger partial charge in [-0.3, -0.25) is 4.79 Å². The molecule has 3 N–H and O–H groups in total. The van der Waals surface area contributed by atoms with E-state index in [-0.39, 0.29) is 29.3 Å². The Labute approximate surface area is 121 Å². The van der Waals surface area contributed by atoms with Gasteiger partial charge in [0.1, 0.15) is 5.75 Å². The number of benzene rings is 2. The number of aromatic hydroxyl groups is 1. The molecule has 0 saturated heterocycles. The van der Waals surface area contributed by atoms with Gasteiger partial charge in [0.25, 0.3) is 0 Å². The quantitative estimate of drug-likeness (QED) is 0.788. The fourth-order valence-electron chi connectivity index (χ4n) is 1.94. The summed E-state index contributed by atoms with van der Waals surface area (Å²) in [5, 5.41) is 21.0. The zero-order chi connectivity index (χ0) is 15.2. The summed E-state index contributed by atoms with van der Waals surface area (Å²) in [4.78, 5) is 22.9. The molecule has 0 spiro atoms. The number of aryl methyl sites for hydroxylation is 1. The number of aromatic carboxylic acids is 1. The molecule has 108 valence electrons. The Hall–Kier alpha value is -2.82. The number of carbonyl (C=O) groups excluding carboxylic acids is 1. The zero-order valence-electron chi connectivity index (χ0n) is 11.2. The molecule has 2 rings (SSSR count). The van der Waals surface area contributed by atoms with E-state index < -0.39 is 5.97 Å². The van der Waals surface area contributed by atoms with Gasteiger partial charge >= 0.3 is 5.97 Å². The van der Waals surface area contributed by atoms with Crippen molar-refractivity contribution in [1.82, 2.24) is 0 Å². The normalized spacial score (nSPS) is 10.1. The maximum Gasteiger partial charge on any atom is 0.337 e. The highest BCUT2D eigenvalue weighted by atomic mass is 16.4. The second kappa shape index (κ2) is 6.56. The molecule has 0 aliphatic rings. The predicted octanol–water partition coefficient (Wildman–Crippen LogP) is 2.66. The lowest BCUT2D eigenvalue weighted by atomic mass is 10.1. The number of carbonyl (C=O) groups is 2. The molecule has 0 saturated carbocycles. The first-order valence-corrected chi connectivity index (χ1v) is 6.46. The third-order valence-corrected chi connectivity index (χ3v) is 2.99. The van der Waals surface area contributed by atoms with Gasteiger partial charge in [0.05, 0.1) is 11.3 Å². The Morgan fingerprint density at radius 3 is 2.43 bits per heavy atom. The Morgan fingerprint density at radius 2 is 1.76 bits per heavy atom. The standard InChI is InChI=1S/C16H15NO4/c18-12-7-8-13(16(20)21)14(10-12)17-15(19)9-6-11-4-2-1-3-5-11/h1-5,7-8,10,18H,6,9H2,(H,17,19)(H,20,21). The van der Waals surface area contributed by atoms with Crippen molar-refractivity contribution >= 4 is 17.6 Å². The lowest BCUT2D eigenvalue weighted by Gasteiger charge is -2.09. The largest absolute Gasteiger partial charge is 0.508 e. The summed E-state index contributed by atoms with van der Waals surface area (Å²) in [7, 11) is 0. The van der Waals surface area contributed by atoms with E-state index in [1.807, 2.05) is 30.3 Å². The minimum Gasteiger partial charge on any atom is -0.508 e. The first kappa shape index (κ1) is 14.6. The Kier molecular flexibility index (Phi) is 4.56. The molecule has 0 bridgehead atoms. The van der Waals surface area contributed by atoms with Crippen LogP contribution in [-0.4, -0.2) is 22.1 Å². The second-order valence-electron chi connectivity index (χ2n) is 4.57. The van der Waals surface area contributed by atoms with Crippen LogP contribution in [0.5, 0.6) is 5.75 Å². The zero-order valence-corrected chi connectivity index (χ0v) is 11.2. The molecule has 2 aromatic rings. The van der Waals surface area contributed by atoms with Gasteiger partial charge in [-0.1, -0.05) is 30.3 Å². The molecule has 0 atom stereocenters. The van der Waals surface area contributed by atoms with Crippen LogP contribution in [0, 0.1) is 0 Å². The maximum atomic E-state index is 11.9. The van der Waals surface area contributed by atoms with Crippen LogP contribution in [0.15, 0.2) is 48.5 Å². The van der Waals surface area contributed by atoms with Gasteiger partial charge in [0.2, 0.25) is 5.91 Å². The Bertz CT molecular complexity index is 653. The van der Waals surface area contributed by atoms with Crippen LogP contribution in [-0.2, 0) is 11.2 Å². The second-order valence-corrected chi connectivity index (χ2v) is 4.57. The summed E-state index contributed by atoms with van der Waals surface area (Å²) >= 11 is 0. The van der Waals surface area contributed by atoms with Crippen molar-refractivity contribution < 1.29 is 19.8 Å². The fourth-order valence-corrected chi connectivity index (χ4v) is 1.94. The smallest absolute Gasteiger partial charge is 0.337 e. The predicted molar refractivity (Wildman–Crippen MR) is 78.5 cm³/mol. The van der Waals surface area contributed by atoms with Crippen LogP contribution in [0.3, 0.4) is 0 Å². The van der Waals surface area contributed by atoms with Crippen molar-refractivity contribution in [2.45, 2.75) is 12.8 Å². The van der Waals surface area contributed by atoms with E-state index in [2.05, 4.69) is 5.32 Å². The molecule has 0 radical (unpaired) electrons. The fraction of sp³-hybridized carbons (Fsp3) is 0.125. The molecule has 0 aromatic heterocycles. The Balaban J connectivity index is 2.02. The van der Waals surface area contributed by atoms with E-state index in [0.29, 0.717) is 6.42 Å². The molecule has 0 fully saturated rings. The topological polar surface area (TPSA) is 86.6 Å². The molecule has 2 aromatic carbocycles. The Morgan fingerprint density at radius 1 is 1.05 bits per heavy atom. The summed E-state index contributed by atoms with van der Waals surface area (Å²) in [6, 6.07) is 13.3. The van der Waals surface area contributed by atoms with Gasteiger partial charge < -0.3 is 15.5 Å². The number of rotatable bonds is 5. The summed E-state index contributed by atoms with van der Waals surface area (Å²) in [5.74, 6) is -1.56. The summed E-state index contributed by atoms with van der Waals surface area (Å²) in [6.07, 6.45) is 0.798. The molecule has 21 heavy (non-hydrogen) atoms. The van der Waals surface area contributed by atoms with Crippen LogP contribution in [0.1, 0.15) is 22.3 Å². The first-order chi connectivity index (χ1) is 10.1. The van der Waals surface area contributed by atoms with Gasteiger partial charge in [0, 0.05) is 12.5 Å². The lowest BCUT2D eigenvalue weighted by molar-refractivity contribution is -0.116. The number of hydrogen-bond donors (Lipinski definition) is 3. The van der Waals surface area contributed by atoms with Crippen molar-refractivity contribution in [3.63, 3.8) is 0 Å². The number of carboxylic acid groups (broad SMARTS) is 1. The number of phenolic OH excluding ortho intramolecular Hbond substituents is 1. The number of carboxylic acids is 1. The van der Waals surface area contributed by atoms with Crippen LogP contribution < -0.4 is 5.32 Å². The van der Waals surface area contributed by atoms with Gasteiger partial charge in [-0.25, -0.2) is 4.79 Å². The molecule has 1 amide bonds. The lowest BCUT2D eigenvalue weighted by Crippen LogP contribution is -2.15. The van der Waals surface area contributed by atoms with E-state index in [9.17, 15) is 14.7 Å². The highest BCUT2D eigenvalue weighted by Gasteiger charge is 2.13. The first-order valence-electron chi connectivity index (χ1n) is 6.46. The minimum atomic E-state index is -1.16. The number of anilines is 1. The molecular weight excluding hydrogens is 270 g/mol. The minimum absolute atomic E-state index is 0.0548. The van der Waals surface area contributed by atoms with E-state index >= 15 is 0 Å². The van der Waals surface area contributed by atoms with E-state index in [4.69, 9.17) is 5.11 Å². The third kappa shape index (κ3) is 4.07. The van der Waals surface area contributed by atoms with Crippen LogP contribution in [0.4, 0.5) is 5.69 Å². The molecule has 0 unspecified atom stereocenters. The van der Waals surface area contributed by atoms with Gasteiger partial charge in [-0.05, 0) is 24.1 Å². The van der Waals surface area contributed by atoms with Crippen LogP contribution in [0.25, 0.3) is 0 Å². The summed E-state index contributed by atoms with van der Waals surface area (Å²) < 4.78 is 0. The number of hydrogen-bond acceptors (Lipinski definition) is 3. The molecule has 0 aliphatic heterocycles. The van der Waals surface area contributed by atoms with E-state index in [1.165, 1.54) is 18.2 Å². The summed E-state index contributed by atoms with van der Waals surface area (Å²) in [6.45, 7) is 0. The number of amides is 1. The molecule has 0 heterocycles. The van der Waals surface area contributed by atoms with Crippen LogP contribution in [0.2, 0.25) is 0 Å². The average Bonchev–Trinajstić information content (AvgIpc) is 2.46. The molecular formula is C16H15NO4. The van der Waals surface area contributed by atoms with Crippen molar-refractivity contribution in [3.05, 3.63) is 59.7 Å². The van der Waals surface area contributed by atoms with Crippen molar-refractivity contribution in [2.75, 3.05) is 5.32 Å². The third-order valence-electron chi connectivity index (χ3n) is 2.99. The van der Waals surface area contributed by atoms with E-state index in [1.54, 1.807) is 0 Å². The summed E-state index contributed by atoms with van der Waals surface area (Å²) in [5.41, 5.74) is 1.07. The monoisotopic (exact) mass is 285 g/mol. The van der Waals surface area contributed by atoms with Gasteiger partial charge in [-0.15, -0.1) is 0 Å². The van der Waals surface area contributed by atoms with Crippen molar-refractivity contribution in [3.8, 4) is 5.75 Å². The maximum absolute atomic E-state index is 11.9. The highest BCUT2D eigenvalue weighted by molar-refractivity contribution is 6.00. The molecule has 5 nitrogen and oxygen atoms in total. The van der Waals surface area contributed by atoms with Gasteiger partial charge in [-0.2, -0.15) is 0 Å². The van der Waals surface area contributed by atoms with Crippen molar-refractivity contribution in [1.29, 1.82) is 0 Å². The van der Waals surface area contributed by atoms with Gasteiger partial charge in [0.15, 0.2) is 0 Å². The number of nitrogens with one attached hydrogen (secondary N) is 1. The number of phenols is 1. The highest BCUT2D eigenvalue weighted by Crippen LogP contribution is 2.22. The molecule has 5 heteroatoms. The SMILES string of the molecule is O=C(CCc1ccccc1)Nc1cc(O)ccc1C(=O)O. The van der Waals surface area contributed by atoms with Crippen molar-refractivity contribution in [2.24, 2.45) is 0 Å². The average molecular weight is 285 g/mol.